The summed E-state index contributed by atoms with van der Waals surface area (Å²) < 4.78 is 1.97. The van der Waals surface area contributed by atoms with Crippen molar-refractivity contribution in [2.24, 2.45) is 0 Å². The van der Waals surface area contributed by atoms with Crippen LogP contribution in [0.4, 0.5) is 5.69 Å². The van der Waals surface area contributed by atoms with Crippen molar-refractivity contribution in [1.82, 2.24) is 19.4 Å². The minimum absolute atomic E-state index is 0.0637. The van der Waals surface area contributed by atoms with Crippen LogP contribution in [-0.4, -0.2) is 64.4 Å². The number of carbonyl (C=O) groups is 2. The summed E-state index contributed by atoms with van der Waals surface area (Å²) in [4.78, 5) is 34.7. The van der Waals surface area contributed by atoms with Crippen molar-refractivity contribution < 1.29 is 9.59 Å². The van der Waals surface area contributed by atoms with Crippen LogP contribution < -0.4 is 5.32 Å². The van der Waals surface area contributed by atoms with E-state index in [4.69, 9.17) is 0 Å². The molecule has 7 nitrogen and oxygen atoms in total. The number of hydrogen-bond donors (Lipinski definition) is 1. The molecule has 2 aromatic rings. The molecular formula is C21H27N5O2. The summed E-state index contributed by atoms with van der Waals surface area (Å²) in [5, 5.41) is 2.97. The topological polar surface area (TPSA) is 70.5 Å². The Kier molecular flexibility index (Phi) is 5.17. The van der Waals surface area contributed by atoms with Crippen molar-refractivity contribution >= 4 is 17.5 Å². The fourth-order valence-corrected chi connectivity index (χ4v) is 3.93. The van der Waals surface area contributed by atoms with Crippen molar-refractivity contribution in [3.8, 4) is 0 Å². The van der Waals surface area contributed by atoms with Gasteiger partial charge in [-0.15, -0.1) is 0 Å². The minimum atomic E-state index is -0.239. The number of piperazine rings is 1. The molecule has 0 bridgehead atoms. The number of anilines is 1. The van der Waals surface area contributed by atoms with Crippen LogP contribution in [0.5, 0.6) is 0 Å². The van der Waals surface area contributed by atoms with E-state index in [1.807, 2.05) is 40.7 Å². The first kappa shape index (κ1) is 18.7. The lowest BCUT2D eigenvalue weighted by Gasteiger charge is -2.32. The highest BCUT2D eigenvalue weighted by Crippen LogP contribution is 2.24. The highest BCUT2D eigenvalue weighted by Gasteiger charge is 2.30. The number of aryl methyl sites for hydroxylation is 1. The zero-order valence-corrected chi connectivity index (χ0v) is 16.6. The Bertz CT molecular complexity index is 896. The Morgan fingerprint density at radius 2 is 1.79 bits per heavy atom. The van der Waals surface area contributed by atoms with E-state index in [-0.39, 0.29) is 11.8 Å². The Hall–Kier alpha value is -2.67. The summed E-state index contributed by atoms with van der Waals surface area (Å²) in [6, 6.07) is 7.68. The van der Waals surface area contributed by atoms with Crippen molar-refractivity contribution in [2.45, 2.75) is 32.7 Å². The maximum absolute atomic E-state index is 13.1. The van der Waals surface area contributed by atoms with E-state index < -0.39 is 0 Å². The van der Waals surface area contributed by atoms with Crippen molar-refractivity contribution in [3.05, 3.63) is 47.0 Å². The fourth-order valence-electron chi connectivity index (χ4n) is 3.93. The SMILES string of the molecule is Cc1ccccc1NC(=O)c1nc(C(=O)N2CCN(C)CC2)n2c1CCCC2. The van der Waals surface area contributed by atoms with E-state index in [1.54, 1.807) is 0 Å². The van der Waals surface area contributed by atoms with Gasteiger partial charge in [-0.25, -0.2) is 4.98 Å². The molecule has 28 heavy (non-hydrogen) atoms. The van der Waals surface area contributed by atoms with Gasteiger partial charge in [0, 0.05) is 38.4 Å². The number of benzene rings is 1. The van der Waals surface area contributed by atoms with Crippen LogP contribution >= 0.6 is 0 Å². The quantitative estimate of drug-likeness (QED) is 0.885. The van der Waals surface area contributed by atoms with Crippen LogP contribution in [0.3, 0.4) is 0 Å². The molecule has 148 valence electrons. The second-order valence-corrected chi connectivity index (χ2v) is 7.70. The van der Waals surface area contributed by atoms with Crippen LogP contribution in [0.1, 0.15) is 45.2 Å². The molecule has 0 unspecified atom stereocenters. The maximum Gasteiger partial charge on any atom is 0.289 e. The Balaban J connectivity index is 1.62. The molecule has 0 aliphatic carbocycles. The number of fused-ring (bicyclic) bond motifs is 1. The standard InChI is InChI=1S/C21H27N5O2/c1-15-7-3-4-8-16(15)22-20(27)18-17-9-5-6-10-26(17)19(23-18)21(28)25-13-11-24(2)12-14-25/h3-4,7-8H,5-6,9-14H2,1-2H3,(H,22,27). The number of nitrogens with zero attached hydrogens (tertiary/aromatic N) is 4. The highest BCUT2D eigenvalue weighted by molar-refractivity contribution is 6.05. The summed E-state index contributed by atoms with van der Waals surface area (Å²) in [7, 11) is 2.06. The first-order chi connectivity index (χ1) is 13.5. The van der Waals surface area contributed by atoms with Gasteiger partial charge in [0.2, 0.25) is 0 Å². The number of para-hydroxylation sites is 1. The van der Waals surface area contributed by atoms with E-state index in [0.29, 0.717) is 24.6 Å². The number of likely N-dealkylation sites (N-methyl/N-ethyl adjacent to an activating group) is 1. The van der Waals surface area contributed by atoms with Crippen LogP contribution in [-0.2, 0) is 13.0 Å². The molecule has 4 rings (SSSR count). The summed E-state index contributed by atoms with van der Waals surface area (Å²) >= 11 is 0. The second-order valence-electron chi connectivity index (χ2n) is 7.70. The van der Waals surface area contributed by atoms with Crippen molar-refractivity contribution in [2.75, 3.05) is 38.5 Å². The average molecular weight is 381 g/mol. The third kappa shape index (κ3) is 3.54. The van der Waals surface area contributed by atoms with Gasteiger partial charge in [-0.1, -0.05) is 18.2 Å². The zero-order chi connectivity index (χ0) is 19.7. The molecular weight excluding hydrogens is 354 g/mol. The molecule has 2 aliphatic rings. The van der Waals surface area contributed by atoms with E-state index in [2.05, 4.69) is 22.2 Å². The molecule has 1 aromatic carbocycles. The molecule has 1 aromatic heterocycles. The molecule has 2 aliphatic heterocycles. The van der Waals surface area contributed by atoms with Gasteiger partial charge in [-0.05, 0) is 44.9 Å². The Morgan fingerprint density at radius 3 is 2.54 bits per heavy atom. The zero-order valence-electron chi connectivity index (χ0n) is 16.6. The van der Waals surface area contributed by atoms with Gasteiger partial charge in [0.1, 0.15) is 0 Å². The molecule has 0 atom stereocenters. The lowest BCUT2D eigenvalue weighted by atomic mass is 10.1. The second kappa shape index (κ2) is 7.75. The molecule has 3 heterocycles. The third-order valence-corrected chi connectivity index (χ3v) is 5.71. The number of amides is 2. The number of imidazole rings is 1. The van der Waals surface area contributed by atoms with Gasteiger partial charge >= 0.3 is 0 Å². The van der Waals surface area contributed by atoms with Gasteiger partial charge in [-0.3, -0.25) is 9.59 Å². The lowest BCUT2D eigenvalue weighted by molar-refractivity contribution is 0.0645. The van der Waals surface area contributed by atoms with Gasteiger partial charge in [0.15, 0.2) is 11.5 Å². The largest absolute Gasteiger partial charge is 0.333 e. The molecule has 0 saturated carbocycles. The van der Waals surface area contributed by atoms with Crippen molar-refractivity contribution in [1.29, 1.82) is 0 Å². The van der Waals surface area contributed by atoms with E-state index >= 15 is 0 Å². The van der Waals surface area contributed by atoms with Gasteiger partial charge in [0.25, 0.3) is 11.8 Å². The number of hydrogen-bond acceptors (Lipinski definition) is 4. The number of rotatable bonds is 3. The maximum atomic E-state index is 13.1. The monoisotopic (exact) mass is 381 g/mol. The summed E-state index contributed by atoms with van der Waals surface area (Å²) in [6.45, 7) is 5.82. The normalized spacial score (nSPS) is 17.3. The predicted octanol–water partition coefficient (Wildman–Crippen LogP) is 2.17. The molecule has 1 fully saturated rings. The molecule has 2 amide bonds. The molecule has 1 N–H and O–H groups in total. The van der Waals surface area contributed by atoms with Gasteiger partial charge in [-0.2, -0.15) is 0 Å². The first-order valence-corrected chi connectivity index (χ1v) is 9.99. The predicted molar refractivity (Wildman–Crippen MR) is 108 cm³/mol. The van der Waals surface area contributed by atoms with Crippen LogP contribution in [0, 0.1) is 6.92 Å². The van der Waals surface area contributed by atoms with Gasteiger partial charge in [0.05, 0.1) is 5.69 Å². The lowest BCUT2D eigenvalue weighted by Crippen LogP contribution is -2.47. The number of aromatic nitrogens is 2. The fraction of sp³-hybridized carbons (Fsp3) is 0.476. The third-order valence-electron chi connectivity index (χ3n) is 5.71. The molecule has 0 radical (unpaired) electrons. The summed E-state index contributed by atoms with van der Waals surface area (Å²) in [5.74, 6) is 0.109. The van der Waals surface area contributed by atoms with Gasteiger partial charge < -0.3 is 19.7 Å². The van der Waals surface area contributed by atoms with E-state index in [9.17, 15) is 9.59 Å². The summed E-state index contributed by atoms with van der Waals surface area (Å²) in [5.41, 5.74) is 3.05. The molecule has 1 saturated heterocycles. The average Bonchev–Trinajstić information content (AvgIpc) is 3.10. The van der Waals surface area contributed by atoms with E-state index in [0.717, 1.165) is 55.8 Å². The van der Waals surface area contributed by atoms with Crippen molar-refractivity contribution in [3.63, 3.8) is 0 Å². The number of carbonyl (C=O) groups excluding carboxylic acids is 2. The van der Waals surface area contributed by atoms with E-state index in [1.165, 1.54) is 0 Å². The molecule has 0 spiro atoms. The summed E-state index contributed by atoms with van der Waals surface area (Å²) in [6.07, 6.45) is 2.79. The first-order valence-electron chi connectivity index (χ1n) is 9.99. The number of nitrogens with one attached hydrogen (secondary N) is 1. The highest BCUT2D eigenvalue weighted by atomic mass is 16.2. The molecule has 7 heteroatoms. The van der Waals surface area contributed by atoms with Crippen LogP contribution in [0.2, 0.25) is 0 Å². The smallest absolute Gasteiger partial charge is 0.289 e. The Labute approximate surface area is 165 Å². The minimum Gasteiger partial charge on any atom is -0.333 e. The van der Waals surface area contributed by atoms with Crippen LogP contribution in [0.25, 0.3) is 0 Å². The Morgan fingerprint density at radius 1 is 1.04 bits per heavy atom. The van der Waals surface area contributed by atoms with Crippen LogP contribution in [0.15, 0.2) is 24.3 Å².